The fourth-order valence-electron chi connectivity index (χ4n) is 1.49. The van der Waals surface area contributed by atoms with Crippen LogP contribution in [0.4, 0.5) is 4.39 Å². The highest BCUT2D eigenvalue weighted by atomic mass is 32.1. The molecule has 0 bridgehead atoms. The third-order valence-electron chi connectivity index (χ3n) is 2.25. The van der Waals surface area contributed by atoms with E-state index in [0.717, 1.165) is 10.6 Å². The van der Waals surface area contributed by atoms with Crippen LogP contribution in [-0.4, -0.2) is 9.97 Å². The maximum Gasteiger partial charge on any atom is 0.151 e. The Hall–Kier alpha value is -1.33. The Morgan fingerprint density at radius 2 is 2.25 bits per heavy atom. The lowest BCUT2D eigenvalue weighted by atomic mass is 10.2. The van der Waals surface area contributed by atoms with Crippen LogP contribution in [0.15, 0.2) is 18.5 Å². The van der Waals surface area contributed by atoms with E-state index in [9.17, 15) is 4.39 Å². The van der Waals surface area contributed by atoms with Gasteiger partial charge in [0.1, 0.15) is 5.01 Å². The van der Waals surface area contributed by atoms with Crippen LogP contribution >= 0.6 is 11.3 Å². The van der Waals surface area contributed by atoms with Crippen molar-refractivity contribution in [1.29, 1.82) is 0 Å². The van der Waals surface area contributed by atoms with Gasteiger partial charge in [0.2, 0.25) is 0 Å². The lowest BCUT2D eigenvalue weighted by Gasteiger charge is -2.00. The van der Waals surface area contributed by atoms with Crippen molar-refractivity contribution < 1.29 is 4.39 Å². The van der Waals surface area contributed by atoms with Crippen LogP contribution in [0, 0.1) is 12.7 Å². The van der Waals surface area contributed by atoms with Crippen LogP contribution in [0.2, 0.25) is 0 Å². The Bertz CT molecular complexity index is 508. The van der Waals surface area contributed by atoms with Gasteiger partial charge in [0.25, 0.3) is 0 Å². The molecular weight excluding hydrogens is 225 g/mol. The normalized spacial score (nSPS) is 12.8. The summed E-state index contributed by atoms with van der Waals surface area (Å²) in [6.45, 7) is 3.78. The molecule has 0 fully saturated rings. The van der Waals surface area contributed by atoms with Crippen LogP contribution in [0.25, 0.3) is 10.6 Å². The van der Waals surface area contributed by atoms with Gasteiger partial charge >= 0.3 is 0 Å². The fourth-order valence-corrected chi connectivity index (χ4v) is 2.54. The molecule has 2 aromatic rings. The predicted octanol–water partition coefficient (Wildman–Crippen LogP) is 2.67. The highest BCUT2D eigenvalue weighted by Crippen LogP contribution is 2.31. The van der Waals surface area contributed by atoms with E-state index in [1.54, 1.807) is 12.3 Å². The zero-order valence-electron chi connectivity index (χ0n) is 9.07. The van der Waals surface area contributed by atoms with Crippen molar-refractivity contribution in [2.45, 2.75) is 19.9 Å². The van der Waals surface area contributed by atoms with Crippen LogP contribution in [0.3, 0.4) is 0 Å². The van der Waals surface area contributed by atoms with E-state index < -0.39 is 0 Å². The number of rotatable bonds is 2. The molecule has 84 valence electrons. The first-order chi connectivity index (χ1) is 7.59. The van der Waals surface area contributed by atoms with Crippen molar-refractivity contribution in [2.75, 3.05) is 0 Å². The minimum absolute atomic E-state index is 0.0730. The smallest absolute Gasteiger partial charge is 0.151 e. The SMILES string of the molecule is Cc1nc(-c2ccncc2F)sc1C(C)N. The van der Waals surface area contributed by atoms with E-state index in [4.69, 9.17) is 5.73 Å². The van der Waals surface area contributed by atoms with Crippen molar-refractivity contribution in [3.05, 3.63) is 34.8 Å². The molecule has 0 amide bonds. The first kappa shape index (κ1) is 11.2. The fraction of sp³-hybridized carbons (Fsp3) is 0.273. The predicted molar refractivity (Wildman–Crippen MR) is 62.6 cm³/mol. The number of hydrogen-bond donors (Lipinski definition) is 1. The van der Waals surface area contributed by atoms with Crippen LogP contribution < -0.4 is 5.73 Å². The Balaban J connectivity index is 2.50. The third-order valence-corrected chi connectivity index (χ3v) is 3.64. The number of halogens is 1. The van der Waals surface area contributed by atoms with Crippen molar-refractivity contribution >= 4 is 11.3 Å². The number of pyridine rings is 1. The zero-order chi connectivity index (χ0) is 11.7. The Labute approximate surface area is 97.2 Å². The molecule has 5 heteroatoms. The van der Waals surface area contributed by atoms with Gasteiger partial charge in [-0.2, -0.15) is 0 Å². The highest BCUT2D eigenvalue weighted by Gasteiger charge is 2.14. The van der Waals surface area contributed by atoms with Gasteiger partial charge < -0.3 is 5.73 Å². The highest BCUT2D eigenvalue weighted by molar-refractivity contribution is 7.15. The maximum atomic E-state index is 13.5. The van der Waals surface area contributed by atoms with Crippen molar-refractivity contribution in [1.82, 2.24) is 9.97 Å². The monoisotopic (exact) mass is 237 g/mol. The van der Waals surface area contributed by atoms with E-state index >= 15 is 0 Å². The molecule has 2 heterocycles. The van der Waals surface area contributed by atoms with Gasteiger partial charge in [-0.05, 0) is 19.9 Å². The summed E-state index contributed by atoms with van der Waals surface area (Å²) in [6.07, 6.45) is 2.75. The summed E-state index contributed by atoms with van der Waals surface area (Å²) in [7, 11) is 0. The van der Waals surface area contributed by atoms with Gasteiger partial charge in [0.05, 0.1) is 11.9 Å². The third kappa shape index (κ3) is 1.96. The van der Waals surface area contributed by atoms with E-state index in [0.29, 0.717) is 10.6 Å². The van der Waals surface area contributed by atoms with Gasteiger partial charge in [-0.3, -0.25) is 4.98 Å². The minimum Gasteiger partial charge on any atom is -0.323 e. The molecule has 0 aliphatic rings. The molecule has 0 aliphatic heterocycles. The number of aromatic nitrogens is 2. The second kappa shape index (κ2) is 4.27. The molecule has 0 saturated heterocycles. The lowest BCUT2D eigenvalue weighted by molar-refractivity contribution is 0.625. The average molecular weight is 237 g/mol. The number of hydrogen-bond acceptors (Lipinski definition) is 4. The van der Waals surface area contributed by atoms with Gasteiger partial charge in [0, 0.05) is 22.7 Å². The molecule has 1 atom stereocenters. The summed E-state index contributed by atoms with van der Waals surface area (Å²) in [5, 5.41) is 0.657. The standard InChI is InChI=1S/C11H12FN3S/c1-6(13)10-7(2)15-11(16-10)8-3-4-14-5-9(8)12/h3-6H,13H2,1-2H3. The second-order valence-corrected chi connectivity index (χ2v) is 4.64. The van der Waals surface area contributed by atoms with E-state index in [2.05, 4.69) is 9.97 Å². The number of nitrogens with zero attached hydrogens (tertiary/aromatic N) is 2. The molecule has 0 aromatic carbocycles. The first-order valence-corrected chi connectivity index (χ1v) is 5.74. The van der Waals surface area contributed by atoms with Gasteiger partial charge in [-0.15, -0.1) is 11.3 Å². The summed E-state index contributed by atoms with van der Waals surface area (Å²) >= 11 is 1.43. The average Bonchev–Trinajstić information content (AvgIpc) is 2.61. The summed E-state index contributed by atoms with van der Waals surface area (Å²) < 4.78 is 13.5. The van der Waals surface area contributed by atoms with Crippen molar-refractivity contribution in [3.63, 3.8) is 0 Å². The molecule has 0 spiro atoms. The molecule has 0 saturated carbocycles. The maximum absolute atomic E-state index is 13.5. The van der Waals surface area contributed by atoms with Gasteiger partial charge in [0.15, 0.2) is 5.82 Å². The van der Waals surface area contributed by atoms with E-state index in [-0.39, 0.29) is 11.9 Å². The van der Waals surface area contributed by atoms with E-state index in [1.807, 2.05) is 13.8 Å². The van der Waals surface area contributed by atoms with Crippen LogP contribution in [-0.2, 0) is 0 Å². The molecule has 2 rings (SSSR count). The molecule has 16 heavy (non-hydrogen) atoms. The number of aryl methyl sites for hydroxylation is 1. The van der Waals surface area contributed by atoms with Crippen molar-refractivity contribution in [2.24, 2.45) is 5.73 Å². The summed E-state index contributed by atoms with van der Waals surface area (Å²) in [4.78, 5) is 9.04. The molecular formula is C11H12FN3S. The Morgan fingerprint density at radius 3 is 2.81 bits per heavy atom. The van der Waals surface area contributed by atoms with Crippen LogP contribution in [0.5, 0.6) is 0 Å². The molecule has 2 aromatic heterocycles. The molecule has 2 N–H and O–H groups in total. The summed E-state index contributed by atoms with van der Waals surface area (Å²) in [5.41, 5.74) is 7.16. The molecule has 0 aliphatic carbocycles. The largest absolute Gasteiger partial charge is 0.323 e. The number of nitrogens with two attached hydrogens (primary N) is 1. The Morgan fingerprint density at radius 1 is 1.50 bits per heavy atom. The zero-order valence-corrected chi connectivity index (χ0v) is 9.88. The molecule has 0 radical (unpaired) electrons. The van der Waals surface area contributed by atoms with E-state index in [1.165, 1.54) is 17.5 Å². The summed E-state index contributed by atoms with van der Waals surface area (Å²) in [5.74, 6) is -0.354. The van der Waals surface area contributed by atoms with Gasteiger partial charge in [-0.1, -0.05) is 0 Å². The first-order valence-electron chi connectivity index (χ1n) is 4.92. The van der Waals surface area contributed by atoms with Crippen LogP contribution in [0.1, 0.15) is 23.5 Å². The minimum atomic E-state index is -0.354. The van der Waals surface area contributed by atoms with Crippen molar-refractivity contribution in [3.8, 4) is 10.6 Å². The second-order valence-electron chi connectivity index (χ2n) is 3.61. The Kier molecular flexibility index (Phi) is 2.98. The number of thiazole rings is 1. The summed E-state index contributed by atoms with van der Waals surface area (Å²) in [6, 6.07) is 1.55. The lowest BCUT2D eigenvalue weighted by Crippen LogP contribution is -2.03. The van der Waals surface area contributed by atoms with Gasteiger partial charge in [-0.25, -0.2) is 9.37 Å². The topological polar surface area (TPSA) is 51.8 Å². The molecule has 3 nitrogen and oxygen atoms in total. The molecule has 1 unspecified atom stereocenters. The quantitative estimate of drug-likeness (QED) is 0.873.